The van der Waals surface area contributed by atoms with E-state index >= 15 is 0 Å². The fourth-order valence-corrected chi connectivity index (χ4v) is 5.14. The monoisotopic (exact) mass is 445 g/mol. The number of benzene rings is 2. The topological polar surface area (TPSA) is 81.1 Å². The van der Waals surface area contributed by atoms with Crippen LogP contribution in [-0.2, 0) is 23.1 Å². The Kier molecular flexibility index (Phi) is 5.51. The van der Waals surface area contributed by atoms with Gasteiger partial charge in [-0.15, -0.1) is 0 Å². The molecule has 0 unspecified atom stereocenters. The summed E-state index contributed by atoms with van der Waals surface area (Å²) < 4.78 is 30.0. The quantitative estimate of drug-likeness (QED) is 0.491. The molecule has 0 fully saturated rings. The van der Waals surface area contributed by atoms with Gasteiger partial charge in [-0.3, -0.25) is 14.3 Å². The summed E-state index contributed by atoms with van der Waals surface area (Å²) in [5.74, 6) is 0. The molecule has 2 aromatic heterocycles. The van der Waals surface area contributed by atoms with Crippen molar-refractivity contribution in [1.82, 2.24) is 14.3 Å². The van der Waals surface area contributed by atoms with Crippen molar-refractivity contribution in [3.8, 4) is 0 Å². The van der Waals surface area contributed by atoms with Gasteiger partial charge >= 0.3 is 4.87 Å². The molecule has 4 aromatic rings. The first kappa shape index (κ1) is 19.8. The number of halogens is 1. The summed E-state index contributed by atoms with van der Waals surface area (Å²) in [6, 6.07) is 17.3. The zero-order valence-electron chi connectivity index (χ0n) is 15.1. The van der Waals surface area contributed by atoms with Gasteiger partial charge in [0.15, 0.2) is 0 Å². The van der Waals surface area contributed by atoms with Crippen molar-refractivity contribution in [1.29, 1.82) is 0 Å². The van der Waals surface area contributed by atoms with E-state index in [9.17, 15) is 13.2 Å². The number of pyridine rings is 1. The smallest absolute Gasteiger partial charge is 0.294 e. The fraction of sp³-hybridized carbons (Fsp3) is 0.100. The first-order valence-electron chi connectivity index (χ1n) is 8.70. The minimum atomic E-state index is -3.73. The lowest BCUT2D eigenvalue weighted by molar-refractivity contribution is 0.580. The predicted molar refractivity (Wildman–Crippen MR) is 115 cm³/mol. The standard InChI is InChI=1S/C20H16ClN3O3S2/c21-17-7-2-1-5-14(17)13-24-18-9-8-16(11-19(18)28-20(24)25)29(26,27)23-12-15-6-3-4-10-22-15/h1-11,23H,12-13H2. The van der Waals surface area contributed by atoms with Gasteiger partial charge in [-0.25, -0.2) is 13.1 Å². The zero-order valence-corrected chi connectivity index (χ0v) is 17.5. The second-order valence-corrected chi connectivity index (χ2v) is 9.49. The average Bonchev–Trinajstić information content (AvgIpc) is 3.03. The molecule has 2 heterocycles. The Morgan fingerprint density at radius 2 is 1.86 bits per heavy atom. The second kappa shape index (κ2) is 8.08. The Labute approximate surface area is 176 Å². The Hall–Kier alpha value is -2.52. The van der Waals surface area contributed by atoms with Crippen molar-refractivity contribution in [2.75, 3.05) is 0 Å². The van der Waals surface area contributed by atoms with E-state index in [-0.39, 0.29) is 16.3 Å². The SMILES string of the molecule is O=c1sc2cc(S(=O)(=O)NCc3ccccn3)ccc2n1Cc1ccccc1Cl. The lowest BCUT2D eigenvalue weighted by Crippen LogP contribution is -2.23. The van der Waals surface area contributed by atoms with E-state index in [4.69, 9.17) is 11.6 Å². The van der Waals surface area contributed by atoms with Gasteiger partial charge in [-0.1, -0.05) is 47.2 Å². The number of thiazole rings is 1. The molecule has 0 saturated heterocycles. The molecule has 9 heteroatoms. The van der Waals surface area contributed by atoms with Crippen LogP contribution in [0.1, 0.15) is 11.3 Å². The van der Waals surface area contributed by atoms with E-state index in [1.54, 1.807) is 41.1 Å². The molecule has 0 saturated carbocycles. The van der Waals surface area contributed by atoms with E-state index in [0.29, 0.717) is 27.5 Å². The number of rotatable bonds is 6. The number of aromatic nitrogens is 2. The maximum Gasteiger partial charge on any atom is 0.308 e. The summed E-state index contributed by atoms with van der Waals surface area (Å²) in [5, 5.41) is 0.580. The highest BCUT2D eigenvalue weighted by molar-refractivity contribution is 7.89. The molecule has 6 nitrogen and oxygen atoms in total. The average molecular weight is 446 g/mol. The van der Waals surface area contributed by atoms with Crippen molar-refractivity contribution in [2.45, 2.75) is 18.0 Å². The third-order valence-electron chi connectivity index (χ3n) is 4.41. The Morgan fingerprint density at radius 1 is 1.07 bits per heavy atom. The van der Waals surface area contributed by atoms with Crippen LogP contribution in [-0.4, -0.2) is 18.0 Å². The van der Waals surface area contributed by atoms with Gasteiger partial charge < -0.3 is 0 Å². The maximum absolute atomic E-state index is 12.6. The van der Waals surface area contributed by atoms with Gasteiger partial charge in [-0.2, -0.15) is 0 Å². The van der Waals surface area contributed by atoms with E-state index < -0.39 is 10.0 Å². The van der Waals surface area contributed by atoms with Crippen molar-refractivity contribution in [3.63, 3.8) is 0 Å². The second-order valence-electron chi connectivity index (χ2n) is 6.32. The van der Waals surface area contributed by atoms with Gasteiger partial charge in [0.1, 0.15) is 0 Å². The molecule has 0 aliphatic carbocycles. The molecule has 29 heavy (non-hydrogen) atoms. The lowest BCUT2D eigenvalue weighted by Gasteiger charge is -2.08. The molecule has 0 atom stereocenters. The largest absolute Gasteiger partial charge is 0.308 e. The van der Waals surface area contributed by atoms with E-state index in [1.165, 1.54) is 12.1 Å². The van der Waals surface area contributed by atoms with Gasteiger partial charge in [-0.05, 0) is 42.0 Å². The van der Waals surface area contributed by atoms with Crippen LogP contribution in [0.15, 0.2) is 76.6 Å². The number of fused-ring (bicyclic) bond motifs is 1. The maximum atomic E-state index is 12.6. The molecule has 0 spiro atoms. The van der Waals surface area contributed by atoms with Crippen LogP contribution in [0, 0.1) is 0 Å². The number of sulfonamides is 1. The number of hydrogen-bond donors (Lipinski definition) is 1. The van der Waals surface area contributed by atoms with Gasteiger partial charge in [0.25, 0.3) is 0 Å². The minimum Gasteiger partial charge on any atom is -0.294 e. The van der Waals surface area contributed by atoms with Crippen molar-refractivity contribution < 1.29 is 8.42 Å². The van der Waals surface area contributed by atoms with E-state index in [1.807, 2.05) is 18.2 Å². The first-order valence-corrected chi connectivity index (χ1v) is 11.4. The van der Waals surface area contributed by atoms with Crippen LogP contribution < -0.4 is 9.60 Å². The summed E-state index contributed by atoms with van der Waals surface area (Å²) in [7, 11) is -3.73. The first-order chi connectivity index (χ1) is 13.9. The molecule has 0 aliphatic rings. The normalized spacial score (nSPS) is 11.8. The Morgan fingerprint density at radius 3 is 2.62 bits per heavy atom. The van der Waals surface area contributed by atoms with Crippen molar-refractivity contribution in [3.05, 3.63) is 92.8 Å². The molecule has 0 bridgehead atoms. The molecule has 148 valence electrons. The summed E-state index contributed by atoms with van der Waals surface area (Å²) in [6.45, 7) is 0.410. The van der Waals surface area contributed by atoms with Crippen LogP contribution >= 0.6 is 22.9 Å². The van der Waals surface area contributed by atoms with Crippen molar-refractivity contribution >= 4 is 43.2 Å². The predicted octanol–water partition coefficient (Wildman–Crippen LogP) is 3.64. The van der Waals surface area contributed by atoms with Gasteiger partial charge in [0.05, 0.1) is 33.9 Å². The highest BCUT2D eigenvalue weighted by Gasteiger charge is 2.17. The Bertz CT molecular complexity index is 1330. The van der Waals surface area contributed by atoms with Crippen LogP contribution in [0.3, 0.4) is 0 Å². The molecule has 1 N–H and O–H groups in total. The summed E-state index contributed by atoms with van der Waals surface area (Å²) in [4.78, 5) is 16.5. The summed E-state index contributed by atoms with van der Waals surface area (Å²) in [5.41, 5.74) is 2.11. The highest BCUT2D eigenvalue weighted by atomic mass is 35.5. The molecular weight excluding hydrogens is 430 g/mol. The number of nitrogens with one attached hydrogen (secondary N) is 1. The van der Waals surface area contributed by atoms with Crippen LogP contribution in [0.2, 0.25) is 5.02 Å². The third kappa shape index (κ3) is 4.25. The van der Waals surface area contributed by atoms with Crippen molar-refractivity contribution in [2.24, 2.45) is 0 Å². The van der Waals surface area contributed by atoms with Crippen LogP contribution in [0.4, 0.5) is 0 Å². The van der Waals surface area contributed by atoms with E-state index in [2.05, 4.69) is 9.71 Å². The third-order valence-corrected chi connectivity index (χ3v) is 7.12. The van der Waals surface area contributed by atoms with E-state index in [0.717, 1.165) is 16.9 Å². The molecule has 0 amide bonds. The summed E-state index contributed by atoms with van der Waals surface area (Å²) in [6.07, 6.45) is 1.61. The minimum absolute atomic E-state index is 0.0883. The summed E-state index contributed by atoms with van der Waals surface area (Å²) >= 11 is 7.22. The molecule has 2 aromatic carbocycles. The molecule has 4 rings (SSSR count). The van der Waals surface area contributed by atoms with Gasteiger partial charge in [0, 0.05) is 11.2 Å². The fourth-order valence-electron chi connectivity index (χ4n) is 2.92. The highest BCUT2D eigenvalue weighted by Crippen LogP contribution is 2.24. The zero-order chi connectivity index (χ0) is 20.4. The molecular formula is C20H16ClN3O3S2. The Balaban J connectivity index is 1.63. The number of hydrogen-bond acceptors (Lipinski definition) is 5. The van der Waals surface area contributed by atoms with Crippen LogP contribution in [0.5, 0.6) is 0 Å². The van der Waals surface area contributed by atoms with Gasteiger partial charge in [0.2, 0.25) is 10.0 Å². The number of nitrogens with zero attached hydrogens (tertiary/aromatic N) is 2. The molecule has 0 aliphatic heterocycles. The lowest BCUT2D eigenvalue weighted by atomic mass is 10.2. The molecule has 0 radical (unpaired) electrons. The van der Waals surface area contributed by atoms with Crippen LogP contribution in [0.25, 0.3) is 10.2 Å².